The highest BCUT2D eigenvalue weighted by Gasteiger charge is 2.40. The molecule has 0 heterocycles. The summed E-state index contributed by atoms with van der Waals surface area (Å²) in [5.74, 6) is 0.264. The van der Waals surface area contributed by atoms with Gasteiger partial charge in [-0.05, 0) is 110 Å². The molecule has 1 fully saturated rings. The van der Waals surface area contributed by atoms with E-state index in [4.69, 9.17) is 0 Å². The largest absolute Gasteiger partial charge is 0.356 e. The minimum absolute atomic E-state index is 0.264. The van der Waals surface area contributed by atoms with Gasteiger partial charge in [-0.1, -0.05) is 115 Å². The summed E-state index contributed by atoms with van der Waals surface area (Å²) in [5, 5.41) is 3.13. The van der Waals surface area contributed by atoms with Crippen molar-refractivity contribution in [3.05, 3.63) is 11.6 Å². The standard InChI is InChI=1S/C38H74N2O/c1-5-7-9-11-13-15-17-19-26-36(27-20-18-16-14-12-10-8-6-2)28-21-22-30-38(32-33-38)31-25-29-37(41)39-34-23-24-35-40(3)4/h28H,5-27,29-35H2,1-4H3,(H,39,41). The van der Waals surface area contributed by atoms with Crippen molar-refractivity contribution in [2.45, 2.75) is 194 Å². The van der Waals surface area contributed by atoms with Crippen LogP contribution in [0.25, 0.3) is 0 Å². The number of amides is 1. The fourth-order valence-electron chi connectivity index (χ4n) is 6.38. The predicted octanol–water partition coefficient (Wildman–Crippen LogP) is 11.6. The van der Waals surface area contributed by atoms with Gasteiger partial charge in [0, 0.05) is 13.0 Å². The van der Waals surface area contributed by atoms with Gasteiger partial charge in [-0.25, -0.2) is 0 Å². The van der Waals surface area contributed by atoms with Crippen molar-refractivity contribution >= 4 is 5.91 Å². The summed E-state index contributed by atoms with van der Waals surface area (Å²) in [6.45, 7) is 6.56. The number of rotatable bonds is 31. The molecule has 1 aliphatic rings. The Kier molecular flexibility index (Phi) is 24.9. The maximum absolute atomic E-state index is 12.2. The highest BCUT2D eigenvalue weighted by atomic mass is 16.1. The van der Waals surface area contributed by atoms with Crippen LogP contribution in [0.15, 0.2) is 11.6 Å². The lowest BCUT2D eigenvalue weighted by atomic mass is 9.91. The summed E-state index contributed by atoms with van der Waals surface area (Å²) >= 11 is 0. The molecule has 0 radical (unpaired) electrons. The molecule has 0 aliphatic heterocycles. The molecule has 0 spiro atoms. The van der Waals surface area contributed by atoms with Crippen molar-refractivity contribution in [2.75, 3.05) is 27.2 Å². The number of hydrogen-bond acceptors (Lipinski definition) is 2. The molecule has 242 valence electrons. The molecule has 41 heavy (non-hydrogen) atoms. The number of allylic oxidation sites excluding steroid dienone is 2. The van der Waals surface area contributed by atoms with Crippen molar-refractivity contribution in [3.8, 4) is 0 Å². The smallest absolute Gasteiger partial charge is 0.219 e. The minimum atomic E-state index is 0.264. The fraction of sp³-hybridized carbons (Fsp3) is 0.921. The third-order valence-corrected chi connectivity index (χ3v) is 9.47. The molecule has 0 aromatic heterocycles. The SMILES string of the molecule is CCCCCCCCCCC(=CCCCC1(CCCC(=O)NCCCCN(C)C)CC1)CCCCCCCCCC. The Morgan fingerprint density at radius 1 is 0.634 bits per heavy atom. The molecule has 0 bridgehead atoms. The van der Waals surface area contributed by atoms with Crippen LogP contribution in [0, 0.1) is 5.41 Å². The van der Waals surface area contributed by atoms with Gasteiger partial charge < -0.3 is 10.2 Å². The molecule has 0 aromatic rings. The Balaban J connectivity index is 2.26. The number of nitrogens with zero attached hydrogens (tertiary/aromatic N) is 1. The van der Waals surface area contributed by atoms with Gasteiger partial charge in [0.2, 0.25) is 5.91 Å². The summed E-state index contributed by atoms with van der Waals surface area (Å²) in [7, 11) is 4.22. The van der Waals surface area contributed by atoms with E-state index in [0.717, 1.165) is 38.8 Å². The normalized spacial score (nSPS) is 14.0. The van der Waals surface area contributed by atoms with Crippen LogP contribution in [-0.2, 0) is 4.79 Å². The van der Waals surface area contributed by atoms with Crippen LogP contribution < -0.4 is 5.32 Å². The molecule has 1 N–H and O–H groups in total. The lowest BCUT2D eigenvalue weighted by Crippen LogP contribution is -2.25. The van der Waals surface area contributed by atoms with E-state index < -0.39 is 0 Å². The first-order chi connectivity index (χ1) is 20.0. The zero-order valence-electron chi connectivity index (χ0n) is 28.6. The molecule has 1 saturated carbocycles. The highest BCUT2D eigenvalue weighted by Crippen LogP contribution is 2.53. The highest BCUT2D eigenvalue weighted by molar-refractivity contribution is 5.75. The molecule has 0 saturated heterocycles. The fourth-order valence-corrected chi connectivity index (χ4v) is 6.38. The third kappa shape index (κ3) is 24.3. The second-order valence-electron chi connectivity index (χ2n) is 13.9. The average molecular weight is 575 g/mol. The zero-order valence-corrected chi connectivity index (χ0v) is 28.6. The first-order valence-corrected chi connectivity index (χ1v) is 18.6. The first kappa shape index (κ1) is 38.2. The quantitative estimate of drug-likeness (QED) is 0.0659. The van der Waals surface area contributed by atoms with Gasteiger partial charge >= 0.3 is 0 Å². The van der Waals surface area contributed by atoms with Crippen LogP contribution in [0.1, 0.15) is 194 Å². The van der Waals surface area contributed by atoms with Gasteiger partial charge in [-0.15, -0.1) is 0 Å². The molecular weight excluding hydrogens is 500 g/mol. The summed E-state index contributed by atoms with van der Waals surface area (Å²) < 4.78 is 0. The maximum atomic E-state index is 12.2. The zero-order chi connectivity index (χ0) is 29.9. The molecule has 0 unspecified atom stereocenters. The van der Waals surface area contributed by atoms with Gasteiger partial charge in [0.05, 0.1) is 0 Å². The molecule has 3 heteroatoms. The van der Waals surface area contributed by atoms with E-state index in [0.29, 0.717) is 5.41 Å². The number of carbonyl (C=O) groups is 1. The maximum Gasteiger partial charge on any atom is 0.219 e. The Morgan fingerprint density at radius 2 is 1.15 bits per heavy atom. The van der Waals surface area contributed by atoms with E-state index >= 15 is 0 Å². The number of nitrogens with one attached hydrogen (secondary N) is 1. The van der Waals surface area contributed by atoms with E-state index in [1.54, 1.807) is 5.57 Å². The van der Waals surface area contributed by atoms with Gasteiger partial charge in [0.15, 0.2) is 0 Å². The van der Waals surface area contributed by atoms with Gasteiger partial charge in [-0.3, -0.25) is 4.79 Å². The van der Waals surface area contributed by atoms with E-state index in [1.165, 1.54) is 154 Å². The number of hydrogen-bond donors (Lipinski definition) is 1. The van der Waals surface area contributed by atoms with Crippen LogP contribution in [0.2, 0.25) is 0 Å². The van der Waals surface area contributed by atoms with Gasteiger partial charge in [-0.2, -0.15) is 0 Å². The number of carbonyl (C=O) groups excluding carboxylic acids is 1. The predicted molar refractivity (Wildman–Crippen MR) is 183 cm³/mol. The van der Waals surface area contributed by atoms with Crippen LogP contribution in [-0.4, -0.2) is 38.0 Å². The Hall–Kier alpha value is -0.830. The van der Waals surface area contributed by atoms with Crippen molar-refractivity contribution in [1.82, 2.24) is 10.2 Å². The second-order valence-corrected chi connectivity index (χ2v) is 13.9. The van der Waals surface area contributed by atoms with E-state index in [2.05, 4.69) is 44.2 Å². The molecule has 1 aliphatic carbocycles. The molecule has 0 atom stereocenters. The lowest BCUT2D eigenvalue weighted by molar-refractivity contribution is -0.121. The Bertz CT molecular complexity index is 600. The van der Waals surface area contributed by atoms with Crippen molar-refractivity contribution in [3.63, 3.8) is 0 Å². The monoisotopic (exact) mass is 575 g/mol. The molecular formula is C38H74N2O. The third-order valence-electron chi connectivity index (χ3n) is 9.47. The van der Waals surface area contributed by atoms with Gasteiger partial charge in [0.25, 0.3) is 0 Å². The Labute approximate surface area is 258 Å². The molecule has 1 rings (SSSR count). The van der Waals surface area contributed by atoms with Crippen molar-refractivity contribution in [1.29, 1.82) is 0 Å². The average Bonchev–Trinajstić information content (AvgIpc) is 3.72. The second kappa shape index (κ2) is 26.8. The lowest BCUT2D eigenvalue weighted by Gasteiger charge is -2.15. The Morgan fingerprint density at radius 3 is 1.66 bits per heavy atom. The minimum Gasteiger partial charge on any atom is -0.356 e. The summed E-state index contributed by atoms with van der Waals surface area (Å²) in [6.07, 6.45) is 40.1. The van der Waals surface area contributed by atoms with Crippen LogP contribution >= 0.6 is 0 Å². The van der Waals surface area contributed by atoms with Crippen molar-refractivity contribution in [2.24, 2.45) is 5.41 Å². The molecule has 3 nitrogen and oxygen atoms in total. The van der Waals surface area contributed by atoms with Crippen LogP contribution in [0.4, 0.5) is 0 Å². The van der Waals surface area contributed by atoms with E-state index in [1.807, 2.05) is 0 Å². The summed E-state index contributed by atoms with van der Waals surface area (Å²) in [4.78, 5) is 14.4. The van der Waals surface area contributed by atoms with Gasteiger partial charge in [0.1, 0.15) is 0 Å². The summed E-state index contributed by atoms with van der Waals surface area (Å²) in [6, 6.07) is 0. The molecule has 1 amide bonds. The van der Waals surface area contributed by atoms with Crippen molar-refractivity contribution < 1.29 is 4.79 Å². The summed E-state index contributed by atoms with van der Waals surface area (Å²) in [5.41, 5.74) is 2.35. The number of unbranched alkanes of at least 4 members (excludes halogenated alkanes) is 16. The van der Waals surface area contributed by atoms with E-state index in [9.17, 15) is 4.79 Å². The first-order valence-electron chi connectivity index (χ1n) is 18.6. The van der Waals surface area contributed by atoms with E-state index in [-0.39, 0.29) is 5.91 Å². The van der Waals surface area contributed by atoms with Crippen LogP contribution in [0.3, 0.4) is 0 Å². The van der Waals surface area contributed by atoms with Crippen LogP contribution in [0.5, 0.6) is 0 Å². The molecule has 0 aromatic carbocycles. The topological polar surface area (TPSA) is 32.3 Å².